The first-order valence-corrected chi connectivity index (χ1v) is 6.23. The maximum absolute atomic E-state index is 11.1. The summed E-state index contributed by atoms with van der Waals surface area (Å²) in [6.45, 7) is 4.29. The third kappa shape index (κ3) is 4.47. The number of primary amides is 1. The summed E-state index contributed by atoms with van der Waals surface area (Å²) < 4.78 is 5.88. The monoisotopic (exact) mass is 235 g/mol. The second-order valence-electron chi connectivity index (χ2n) is 4.21. The lowest BCUT2D eigenvalue weighted by molar-refractivity contribution is 0.0999. The van der Waals surface area contributed by atoms with Gasteiger partial charge in [-0.25, -0.2) is 0 Å². The lowest BCUT2D eigenvalue weighted by Gasteiger charge is -2.18. The molecule has 0 aliphatic heterocycles. The Kier molecular flexibility index (Phi) is 5.53. The molecule has 0 radical (unpaired) electrons. The molecule has 0 saturated carbocycles. The van der Waals surface area contributed by atoms with Crippen molar-refractivity contribution in [1.29, 1.82) is 0 Å². The Balaban J connectivity index is 2.71. The van der Waals surface area contributed by atoms with Gasteiger partial charge in [0, 0.05) is 5.56 Å². The Labute approximate surface area is 103 Å². The summed E-state index contributed by atoms with van der Waals surface area (Å²) in [5, 5.41) is 0. The zero-order valence-corrected chi connectivity index (χ0v) is 10.6. The number of rotatable bonds is 7. The van der Waals surface area contributed by atoms with Crippen LogP contribution < -0.4 is 10.5 Å². The Morgan fingerprint density at radius 3 is 2.47 bits per heavy atom. The molecular weight excluding hydrogens is 214 g/mol. The van der Waals surface area contributed by atoms with E-state index < -0.39 is 5.91 Å². The number of amides is 1. The van der Waals surface area contributed by atoms with Crippen LogP contribution in [0.2, 0.25) is 0 Å². The average molecular weight is 235 g/mol. The molecule has 3 nitrogen and oxygen atoms in total. The zero-order chi connectivity index (χ0) is 12.7. The summed E-state index contributed by atoms with van der Waals surface area (Å²) in [5.74, 6) is 0.311. The summed E-state index contributed by atoms with van der Waals surface area (Å²) in [7, 11) is 0. The minimum Gasteiger partial charge on any atom is -0.490 e. The molecule has 0 aliphatic carbocycles. The van der Waals surface area contributed by atoms with Crippen molar-refractivity contribution in [3.63, 3.8) is 0 Å². The third-order valence-corrected chi connectivity index (χ3v) is 2.64. The fourth-order valence-corrected chi connectivity index (χ4v) is 1.82. The predicted octanol–water partition coefficient (Wildman–Crippen LogP) is 3.13. The topological polar surface area (TPSA) is 52.3 Å². The van der Waals surface area contributed by atoms with Gasteiger partial charge in [-0.1, -0.05) is 32.8 Å². The predicted molar refractivity (Wildman–Crippen MR) is 69.2 cm³/mol. The second kappa shape index (κ2) is 6.94. The van der Waals surface area contributed by atoms with Gasteiger partial charge in [0.25, 0.3) is 0 Å². The van der Waals surface area contributed by atoms with Gasteiger partial charge < -0.3 is 10.5 Å². The molecule has 1 amide bonds. The van der Waals surface area contributed by atoms with Crippen LogP contribution in [0, 0.1) is 0 Å². The molecule has 1 rings (SSSR count). The summed E-state index contributed by atoms with van der Waals surface area (Å²) in [5.41, 5.74) is 5.73. The van der Waals surface area contributed by atoms with Crippen molar-refractivity contribution in [3.8, 4) is 5.75 Å². The van der Waals surface area contributed by atoms with Crippen molar-refractivity contribution in [2.75, 3.05) is 0 Å². The molecule has 2 N–H and O–H groups in total. The van der Waals surface area contributed by atoms with E-state index in [-0.39, 0.29) is 6.10 Å². The molecule has 1 aromatic rings. The molecule has 0 fully saturated rings. The number of hydrogen-bond acceptors (Lipinski definition) is 2. The smallest absolute Gasteiger partial charge is 0.248 e. The van der Waals surface area contributed by atoms with Crippen molar-refractivity contribution in [1.82, 2.24) is 0 Å². The standard InChI is InChI=1S/C14H21NO2/c1-3-6-12(7-4-2)17-13-9-5-8-11(10-13)14(15)16/h5,8-10,12H,3-4,6-7H2,1-2H3,(H2,15,16). The van der Waals surface area contributed by atoms with E-state index in [0.717, 1.165) is 31.4 Å². The number of carbonyl (C=O) groups is 1. The lowest BCUT2D eigenvalue weighted by Crippen LogP contribution is -2.16. The molecule has 0 heterocycles. The van der Waals surface area contributed by atoms with E-state index in [1.165, 1.54) is 0 Å². The summed E-state index contributed by atoms with van der Waals surface area (Å²) in [4.78, 5) is 11.1. The van der Waals surface area contributed by atoms with Crippen LogP contribution in [0.5, 0.6) is 5.75 Å². The third-order valence-electron chi connectivity index (χ3n) is 2.64. The van der Waals surface area contributed by atoms with E-state index in [9.17, 15) is 4.79 Å². The van der Waals surface area contributed by atoms with Gasteiger partial charge in [0.1, 0.15) is 5.75 Å². The molecule has 0 atom stereocenters. The van der Waals surface area contributed by atoms with Crippen molar-refractivity contribution in [2.45, 2.75) is 45.6 Å². The molecule has 0 saturated heterocycles. The number of ether oxygens (including phenoxy) is 1. The molecule has 0 bridgehead atoms. The van der Waals surface area contributed by atoms with E-state index in [0.29, 0.717) is 5.56 Å². The highest BCUT2D eigenvalue weighted by atomic mass is 16.5. The van der Waals surface area contributed by atoms with Crippen molar-refractivity contribution in [3.05, 3.63) is 29.8 Å². The number of hydrogen-bond donors (Lipinski definition) is 1. The van der Waals surface area contributed by atoms with Crippen LogP contribution in [-0.2, 0) is 0 Å². The fraction of sp³-hybridized carbons (Fsp3) is 0.500. The van der Waals surface area contributed by atoms with E-state index in [4.69, 9.17) is 10.5 Å². The molecule has 94 valence electrons. The Morgan fingerprint density at radius 2 is 1.94 bits per heavy atom. The van der Waals surface area contributed by atoms with Gasteiger partial charge in [-0.15, -0.1) is 0 Å². The highest BCUT2D eigenvalue weighted by molar-refractivity contribution is 5.93. The molecule has 0 spiro atoms. The summed E-state index contributed by atoms with van der Waals surface area (Å²) in [6.07, 6.45) is 4.50. The first-order chi connectivity index (χ1) is 8.17. The van der Waals surface area contributed by atoms with Gasteiger partial charge in [0.2, 0.25) is 5.91 Å². The molecule has 0 aliphatic rings. The van der Waals surface area contributed by atoms with Crippen LogP contribution in [0.4, 0.5) is 0 Å². The minimum absolute atomic E-state index is 0.230. The van der Waals surface area contributed by atoms with Gasteiger partial charge in [0.05, 0.1) is 6.10 Å². The Morgan fingerprint density at radius 1 is 1.29 bits per heavy atom. The van der Waals surface area contributed by atoms with Crippen molar-refractivity contribution < 1.29 is 9.53 Å². The van der Waals surface area contributed by atoms with Crippen LogP contribution in [0.1, 0.15) is 49.9 Å². The maximum Gasteiger partial charge on any atom is 0.248 e. The normalized spacial score (nSPS) is 10.5. The van der Waals surface area contributed by atoms with Gasteiger partial charge >= 0.3 is 0 Å². The van der Waals surface area contributed by atoms with Crippen LogP contribution in [0.3, 0.4) is 0 Å². The molecule has 1 aromatic carbocycles. The highest BCUT2D eigenvalue weighted by Gasteiger charge is 2.09. The first kappa shape index (κ1) is 13.6. The molecule has 0 unspecified atom stereocenters. The summed E-state index contributed by atoms with van der Waals surface area (Å²) in [6, 6.07) is 7.07. The second-order valence-corrected chi connectivity index (χ2v) is 4.21. The van der Waals surface area contributed by atoms with Crippen LogP contribution >= 0.6 is 0 Å². The zero-order valence-electron chi connectivity index (χ0n) is 10.6. The van der Waals surface area contributed by atoms with Gasteiger partial charge in [-0.3, -0.25) is 4.79 Å². The highest BCUT2D eigenvalue weighted by Crippen LogP contribution is 2.18. The van der Waals surface area contributed by atoms with Crippen LogP contribution in [0.25, 0.3) is 0 Å². The number of carbonyl (C=O) groups excluding carboxylic acids is 1. The summed E-state index contributed by atoms with van der Waals surface area (Å²) >= 11 is 0. The fourth-order valence-electron chi connectivity index (χ4n) is 1.82. The molecule has 17 heavy (non-hydrogen) atoms. The van der Waals surface area contributed by atoms with Gasteiger partial charge in [-0.2, -0.15) is 0 Å². The van der Waals surface area contributed by atoms with Gasteiger partial charge in [-0.05, 0) is 31.0 Å². The average Bonchev–Trinajstić information content (AvgIpc) is 2.30. The lowest BCUT2D eigenvalue weighted by atomic mass is 10.1. The van der Waals surface area contributed by atoms with Crippen LogP contribution in [-0.4, -0.2) is 12.0 Å². The number of benzene rings is 1. The molecule has 0 aromatic heterocycles. The van der Waals surface area contributed by atoms with E-state index in [1.54, 1.807) is 18.2 Å². The molecule has 3 heteroatoms. The minimum atomic E-state index is -0.419. The van der Waals surface area contributed by atoms with E-state index >= 15 is 0 Å². The Hall–Kier alpha value is -1.51. The van der Waals surface area contributed by atoms with Crippen molar-refractivity contribution in [2.24, 2.45) is 5.73 Å². The molecular formula is C14H21NO2. The Bertz CT molecular complexity index is 357. The SMILES string of the molecule is CCCC(CCC)Oc1cccc(C(N)=O)c1. The maximum atomic E-state index is 11.1. The number of nitrogens with two attached hydrogens (primary N) is 1. The van der Waals surface area contributed by atoms with Crippen molar-refractivity contribution >= 4 is 5.91 Å². The quantitative estimate of drug-likeness (QED) is 0.789. The van der Waals surface area contributed by atoms with E-state index in [2.05, 4.69) is 13.8 Å². The largest absolute Gasteiger partial charge is 0.490 e. The van der Waals surface area contributed by atoms with Gasteiger partial charge in [0.15, 0.2) is 0 Å². The van der Waals surface area contributed by atoms with E-state index in [1.807, 2.05) is 6.07 Å². The van der Waals surface area contributed by atoms with Crippen LogP contribution in [0.15, 0.2) is 24.3 Å². The first-order valence-electron chi connectivity index (χ1n) is 6.23.